The van der Waals surface area contributed by atoms with Crippen molar-refractivity contribution in [3.05, 3.63) is 93.3 Å². The zero-order valence-corrected chi connectivity index (χ0v) is 24.8. The molecule has 0 saturated carbocycles. The third-order valence-electron chi connectivity index (χ3n) is 6.65. The lowest BCUT2D eigenvalue weighted by atomic mass is 9.91. The Kier molecular flexibility index (Phi) is 10.7. The van der Waals surface area contributed by atoms with Gasteiger partial charge in [-0.15, -0.1) is 0 Å². The van der Waals surface area contributed by atoms with E-state index >= 15 is 0 Å². The molecule has 1 fully saturated rings. The van der Waals surface area contributed by atoms with Gasteiger partial charge in [-0.05, 0) is 64.0 Å². The number of nitrogens with one attached hydrogen (secondary N) is 2. The van der Waals surface area contributed by atoms with Gasteiger partial charge in [-0.25, -0.2) is 14.1 Å². The quantitative estimate of drug-likeness (QED) is 0.152. The first-order valence-corrected chi connectivity index (χ1v) is 14.1. The lowest BCUT2D eigenvalue weighted by Gasteiger charge is -2.30. The van der Waals surface area contributed by atoms with E-state index in [9.17, 15) is 18.8 Å². The van der Waals surface area contributed by atoms with Gasteiger partial charge < -0.3 is 24.8 Å². The van der Waals surface area contributed by atoms with Crippen LogP contribution in [0.5, 0.6) is 5.75 Å². The smallest absolute Gasteiger partial charge is 0.325 e. The molecule has 1 unspecified atom stereocenters. The van der Waals surface area contributed by atoms with Crippen LogP contribution in [-0.4, -0.2) is 62.3 Å². The number of hydrogen-bond acceptors (Lipinski definition) is 6. The number of halogens is 2. The van der Waals surface area contributed by atoms with Gasteiger partial charge in [0.15, 0.2) is 0 Å². The average molecular weight is 675 g/mol. The van der Waals surface area contributed by atoms with Gasteiger partial charge in [0.1, 0.15) is 30.3 Å². The molecule has 0 aromatic heterocycles. The number of carbonyl (C=O) groups is 3. The van der Waals surface area contributed by atoms with E-state index in [0.717, 1.165) is 10.5 Å². The molecule has 3 atom stereocenters. The maximum Gasteiger partial charge on any atom is 0.325 e. The summed E-state index contributed by atoms with van der Waals surface area (Å²) in [6, 6.07) is 17.3. The van der Waals surface area contributed by atoms with Gasteiger partial charge in [-0.2, -0.15) is 0 Å². The number of anilines is 1. The Morgan fingerprint density at radius 1 is 1.02 bits per heavy atom. The highest BCUT2D eigenvalue weighted by atomic mass is 127. The van der Waals surface area contributed by atoms with Crippen LogP contribution >= 0.6 is 22.6 Å². The Labute approximate surface area is 251 Å². The molecule has 216 valence electrons. The highest BCUT2D eigenvalue weighted by molar-refractivity contribution is 14.1. The predicted molar refractivity (Wildman–Crippen MR) is 159 cm³/mol. The van der Waals surface area contributed by atoms with Crippen molar-refractivity contribution in [2.24, 2.45) is 0 Å². The maximum absolute atomic E-state index is 14.6. The summed E-state index contributed by atoms with van der Waals surface area (Å²) in [5, 5.41) is 5.27. The second kappa shape index (κ2) is 14.4. The molecule has 0 aliphatic carbocycles. The summed E-state index contributed by atoms with van der Waals surface area (Å²) in [5.74, 6) is -1.88. The van der Waals surface area contributed by atoms with E-state index in [0.29, 0.717) is 41.3 Å². The van der Waals surface area contributed by atoms with Gasteiger partial charge >= 0.3 is 6.03 Å². The number of carbonyl (C=O) groups excluding carboxylic acids is 3. The molecule has 41 heavy (non-hydrogen) atoms. The zero-order valence-electron chi connectivity index (χ0n) is 22.6. The van der Waals surface area contributed by atoms with E-state index in [2.05, 4.69) is 10.6 Å². The summed E-state index contributed by atoms with van der Waals surface area (Å²) < 4.78 is 31.2. The van der Waals surface area contributed by atoms with Crippen LogP contribution in [-0.2, 0) is 19.1 Å². The molecule has 2 N–H and O–H groups in total. The highest BCUT2D eigenvalue weighted by Crippen LogP contribution is 2.32. The fraction of sp³-hybridized carbons (Fsp3) is 0.300. The minimum Gasteiger partial charge on any atom is -0.491 e. The molecule has 4 amide bonds. The molecule has 3 aromatic carbocycles. The molecule has 9 nitrogen and oxygen atoms in total. The Morgan fingerprint density at radius 2 is 1.73 bits per heavy atom. The topological polar surface area (TPSA) is 106 Å². The lowest BCUT2D eigenvalue weighted by Crippen LogP contribution is -2.50. The number of nitrogens with zero attached hydrogens (tertiary/aromatic N) is 1. The minimum atomic E-state index is -1.24. The van der Waals surface area contributed by atoms with Crippen LogP contribution in [0.3, 0.4) is 0 Å². The number of imide groups is 1. The molecule has 4 rings (SSSR count). The molecule has 1 heterocycles. The standard InChI is InChI=1S/C30H31FIN3O6/c1-19(20-6-4-3-5-7-20)27(28(36)33-25-13-10-22(32)18-24(25)31)35-29(37)26(34-30(35)38)21-8-11-23(12-9-21)41-17-16-40-15-14-39-2/h3-13,18-19,26-27H,14-17H2,1-2H3,(H,33,36)(H,34,38)/t19-,26+,27?/m0/s1. The molecule has 11 heteroatoms. The Balaban J connectivity index is 1.52. The van der Waals surface area contributed by atoms with Crippen molar-refractivity contribution in [1.29, 1.82) is 0 Å². The largest absolute Gasteiger partial charge is 0.491 e. The summed E-state index contributed by atoms with van der Waals surface area (Å²) in [6.45, 7) is 3.46. The van der Waals surface area contributed by atoms with Crippen molar-refractivity contribution in [3.63, 3.8) is 0 Å². The molecule has 0 spiro atoms. The zero-order chi connectivity index (χ0) is 29.4. The normalized spacial score (nSPS) is 16.3. The summed E-state index contributed by atoms with van der Waals surface area (Å²) in [4.78, 5) is 41.5. The van der Waals surface area contributed by atoms with Crippen LogP contribution in [0.15, 0.2) is 72.8 Å². The van der Waals surface area contributed by atoms with Crippen LogP contribution in [0.25, 0.3) is 0 Å². The third-order valence-corrected chi connectivity index (χ3v) is 7.32. The van der Waals surface area contributed by atoms with Gasteiger partial charge in [0.2, 0.25) is 5.91 Å². The van der Waals surface area contributed by atoms with Gasteiger partial charge in [0.05, 0.1) is 25.5 Å². The van der Waals surface area contributed by atoms with Gasteiger partial charge in [-0.3, -0.25) is 9.59 Å². The summed E-state index contributed by atoms with van der Waals surface area (Å²) in [5.41, 5.74) is 1.24. The number of ether oxygens (including phenoxy) is 3. The SMILES string of the molecule is COCCOCCOc1ccc([C@H]2NC(=O)N(C(C(=O)Nc3ccc(I)cc3F)[C@@H](C)c3ccccc3)C2=O)cc1. The number of rotatable bonds is 13. The highest BCUT2D eigenvalue weighted by Gasteiger charge is 2.47. The van der Waals surface area contributed by atoms with Crippen molar-refractivity contribution in [2.45, 2.75) is 24.9 Å². The molecule has 1 aliphatic rings. The number of amides is 4. The maximum atomic E-state index is 14.6. The second-order valence-electron chi connectivity index (χ2n) is 9.37. The third kappa shape index (κ3) is 7.60. The first kappa shape index (κ1) is 30.4. The van der Waals surface area contributed by atoms with Crippen molar-refractivity contribution in [2.75, 3.05) is 38.9 Å². The van der Waals surface area contributed by atoms with Crippen molar-refractivity contribution < 1.29 is 33.0 Å². The number of methoxy groups -OCH3 is 1. The summed E-state index contributed by atoms with van der Waals surface area (Å²) in [6.07, 6.45) is 0. The van der Waals surface area contributed by atoms with Crippen LogP contribution in [0, 0.1) is 9.39 Å². The average Bonchev–Trinajstić information content (AvgIpc) is 3.26. The lowest BCUT2D eigenvalue weighted by molar-refractivity contribution is -0.134. The van der Waals surface area contributed by atoms with Crippen LogP contribution in [0.1, 0.15) is 30.0 Å². The monoisotopic (exact) mass is 675 g/mol. The van der Waals surface area contributed by atoms with E-state index in [4.69, 9.17) is 14.2 Å². The fourth-order valence-corrected chi connectivity index (χ4v) is 4.96. The van der Waals surface area contributed by atoms with Gasteiger partial charge in [0.25, 0.3) is 5.91 Å². The van der Waals surface area contributed by atoms with E-state index in [1.54, 1.807) is 44.4 Å². The van der Waals surface area contributed by atoms with E-state index in [1.807, 2.05) is 52.9 Å². The molecular formula is C30H31FIN3O6. The second-order valence-corrected chi connectivity index (χ2v) is 10.6. The molecule has 3 aromatic rings. The van der Waals surface area contributed by atoms with Crippen molar-refractivity contribution in [3.8, 4) is 5.75 Å². The number of urea groups is 1. The Bertz CT molecular complexity index is 1360. The molecular weight excluding hydrogens is 644 g/mol. The van der Waals surface area contributed by atoms with Crippen molar-refractivity contribution >= 4 is 46.1 Å². The van der Waals surface area contributed by atoms with Crippen LogP contribution in [0.4, 0.5) is 14.9 Å². The first-order chi connectivity index (χ1) is 19.8. The van der Waals surface area contributed by atoms with Gasteiger partial charge in [0, 0.05) is 16.6 Å². The van der Waals surface area contributed by atoms with Crippen molar-refractivity contribution in [1.82, 2.24) is 10.2 Å². The molecule has 0 radical (unpaired) electrons. The minimum absolute atomic E-state index is 0.0380. The Morgan fingerprint density at radius 3 is 2.41 bits per heavy atom. The van der Waals surface area contributed by atoms with E-state index in [1.165, 1.54) is 12.1 Å². The Hall–Kier alpha value is -3.55. The van der Waals surface area contributed by atoms with E-state index in [-0.39, 0.29) is 5.69 Å². The van der Waals surface area contributed by atoms with Crippen LogP contribution < -0.4 is 15.4 Å². The summed E-state index contributed by atoms with van der Waals surface area (Å²) >= 11 is 1.97. The number of benzene rings is 3. The first-order valence-electron chi connectivity index (χ1n) is 13.0. The number of hydrogen-bond donors (Lipinski definition) is 2. The molecule has 1 aliphatic heterocycles. The van der Waals surface area contributed by atoms with Gasteiger partial charge in [-0.1, -0.05) is 49.4 Å². The van der Waals surface area contributed by atoms with E-state index < -0.39 is 41.7 Å². The van der Waals surface area contributed by atoms with Crippen LogP contribution in [0.2, 0.25) is 0 Å². The molecule has 1 saturated heterocycles. The fourth-order valence-electron chi connectivity index (χ4n) is 4.51. The predicted octanol–water partition coefficient (Wildman–Crippen LogP) is 4.88. The molecule has 0 bridgehead atoms. The summed E-state index contributed by atoms with van der Waals surface area (Å²) in [7, 11) is 1.60.